The summed E-state index contributed by atoms with van der Waals surface area (Å²) in [5.41, 5.74) is 18.0. The van der Waals surface area contributed by atoms with Crippen LogP contribution in [0.4, 0.5) is 0 Å². The predicted octanol–water partition coefficient (Wildman–Crippen LogP) is -1.57. The van der Waals surface area contributed by atoms with Crippen molar-refractivity contribution in [2.75, 3.05) is 13.1 Å². The number of carboxylic acid groups (broad SMARTS) is 1. The van der Waals surface area contributed by atoms with Gasteiger partial charge < -0.3 is 48.5 Å². The average Bonchev–Trinajstić information content (AvgIpc) is 2.90. The summed E-state index contributed by atoms with van der Waals surface area (Å²) in [5, 5.41) is 35.4. The summed E-state index contributed by atoms with van der Waals surface area (Å²) in [4.78, 5) is 53.7. The number of nitrogens with zero attached hydrogens (tertiary/aromatic N) is 1. The zero-order valence-electron chi connectivity index (χ0n) is 21.7. The van der Waals surface area contributed by atoms with Crippen molar-refractivity contribution >= 4 is 29.7 Å². The predicted molar refractivity (Wildman–Crippen MR) is 146 cm³/mol. The highest BCUT2D eigenvalue weighted by molar-refractivity contribution is 5.93. The molecule has 3 amide bonds. The molecule has 0 aromatic heterocycles. The normalized spacial score (nSPS) is 12.8. The van der Waals surface area contributed by atoms with E-state index in [1.807, 2.05) is 0 Å². The molecule has 0 radical (unpaired) electrons. The van der Waals surface area contributed by atoms with Crippen LogP contribution in [0.1, 0.15) is 24.0 Å². The van der Waals surface area contributed by atoms with Crippen LogP contribution in [0.2, 0.25) is 0 Å². The Labute approximate surface area is 230 Å². The number of hydrogen-bond donors (Lipinski definition) is 9. The van der Waals surface area contributed by atoms with E-state index in [4.69, 9.17) is 22.3 Å². The monoisotopic (exact) mass is 557 g/mol. The van der Waals surface area contributed by atoms with Crippen molar-refractivity contribution in [3.05, 3.63) is 59.7 Å². The lowest BCUT2D eigenvalue weighted by Crippen LogP contribution is -2.57. The van der Waals surface area contributed by atoms with Gasteiger partial charge in [-0.15, -0.1) is 0 Å². The molecule has 0 heterocycles. The molecule has 40 heavy (non-hydrogen) atoms. The summed E-state index contributed by atoms with van der Waals surface area (Å²) < 4.78 is 0. The Bertz CT molecular complexity index is 1180. The molecule has 0 fully saturated rings. The number of aliphatic imine (C=N–C) groups is 1. The van der Waals surface area contributed by atoms with Gasteiger partial charge in [-0.05, 0) is 54.7 Å². The lowest BCUT2D eigenvalue weighted by atomic mass is 10.0. The van der Waals surface area contributed by atoms with Gasteiger partial charge in [0.25, 0.3) is 0 Å². The second-order valence-corrected chi connectivity index (χ2v) is 9.03. The SMILES string of the molecule is NC(N)=NCCCC(NC(=O)C(Cc1ccc(O)cc1)NC(=O)C(N)Cc1ccc(O)cc1)C(=O)NCC(=O)O. The number of phenolic OH excluding ortho intramolecular Hbond substituents is 2. The minimum Gasteiger partial charge on any atom is -0.508 e. The number of carbonyl (C=O) groups excluding carboxylic acids is 3. The van der Waals surface area contributed by atoms with Crippen molar-refractivity contribution < 1.29 is 34.5 Å². The van der Waals surface area contributed by atoms with Gasteiger partial charge in [0, 0.05) is 13.0 Å². The number of nitrogens with one attached hydrogen (secondary N) is 3. The van der Waals surface area contributed by atoms with Crippen LogP contribution in [0.15, 0.2) is 53.5 Å². The quantitative estimate of drug-likeness (QED) is 0.0690. The zero-order valence-corrected chi connectivity index (χ0v) is 21.7. The van der Waals surface area contributed by atoms with Gasteiger partial charge in [-0.3, -0.25) is 24.2 Å². The Morgan fingerprint density at radius 3 is 1.82 bits per heavy atom. The van der Waals surface area contributed by atoms with Crippen molar-refractivity contribution in [2.24, 2.45) is 22.2 Å². The Morgan fingerprint density at radius 2 is 1.30 bits per heavy atom. The fourth-order valence-corrected chi connectivity index (χ4v) is 3.67. The summed E-state index contributed by atoms with van der Waals surface area (Å²) in [6, 6.07) is 8.80. The number of carboxylic acids is 1. The molecule has 0 aliphatic carbocycles. The van der Waals surface area contributed by atoms with Crippen LogP contribution in [0.3, 0.4) is 0 Å². The number of hydrogen-bond acceptors (Lipinski definition) is 8. The fourth-order valence-electron chi connectivity index (χ4n) is 3.67. The van der Waals surface area contributed by atoms with E-state index >= 15 is 0 Å². The molecule has 0 saturated heterocycles. The number of carbonyl (C=O) groups is 4. The van der Waals surface area contributed by atoms with Gasteiger partial charge in [0.1, 0.15) is 30.1 Å². The topological polar surface area (TPSA) is 255 Å². The van der Waals surface area contributed by atoms with Gasteiger partial charge in [-0.1, -0.05) is 24.3 Å². The number of nitrogens with two attached hydrogens (primary N) is 3. The molecule has 216 valence electrons. The second kappa shape index (κ2) is 15.5. The number of aliphatic carboxylic acids is 1. The molecule has 0 saturated carbocycles. The first kappa shape index (κ1) is 31.4. The first-order valence-corrected chi connectivity index (χ1v) is 12.4. The average molecular weight is 558 g/mol. The molecule has 12 N–H and O–H groups in total. The first-order chi connectivity index (χ1) is 18.9. The maximum Gasteiger partial charge on any atom is 0.322 e. The van der Waals surface area contributed by atoms with Gasteiger partial charge in [0.15, 0.2) is 5.96 Å². The molecule has 0 spiro atoms. The van der Waals surface area contributed by atoms with Crippen LogP contribution in [0.25, 0.3) is 0 Å². The first-order valence-electron chi connectivity index (χ1n) is 12.4. The maximum absolute atomic E-state index is 13.4. The van der Waals surface area contributed by atoms with Crippen molar-refractivity contribution in [2.45, 2.75) is 43.8 Å². The Hall–Kier alpha value is -4.85. The summed E-state index contributed by atoms with van der Waals surface area (Å²) in [6.45, 7) is -0.487. The van der Waals surface area contributed by atoms with Crippen LogP contribution in [0.5, 0.6) is 11.5 Å². The van der Waals surface area contributed by atoms with Crippen LogP contribution in [-0.4, -0.2) is 76.2 Å². The molecular weight excluding hydrogens is 522 g/mol. The van der Waals surface area contributed by atoms with E-state index < -0.39 is 48.4 Å². The third kappa shape index (κ3) is 11.3. The van der Waals surface area contributed by atoms with Crippen molar-refractivity contribution in [1.29, 1.82) is 0 Å². The third-order valence-corrected chi connectivity index (χ3v) is 5.73. The van der Waals surface area contributed by atoms with E-state index in [-0.39, 0.29) is 49.7 Å². The van der Waals surface area contributed by atoms with Crippen molar-refractivity contribution in [3.8, 4) is 11.5 Å². The highest BCUT2D eigenvalue weighted by atomic mass is 16.4. The van der Waals surface area contributed by atoms with Crippen molar-refractivity contribution in [1.82, 2.24) is 16.0 Å². The van der Waals surface area contributed by atoms with Crippen LogP contribution < -0.4 is 33.2 Å². The number of phenols is 2. The largest absolute Gasteiger partial charge is 0.508 e. The molecule has 0 aliphatic rings. The molecule has 3 atom stereocenters. The van der Waals surface area contributed by atoms with E-state index in [0.29, 0.717) is 11.1 Å². The fraction of sp³-hybridized carbons (Fsp3) is 0.346. The third-order valence-electron chi connectivity index (χ3n) is 5.73. The van der Waals surface area contributed by atoms with Crippen LogP contribution in [0, 0.1) is 0 Å². The number of rotatable bonds is 15. The Balaban J connectivity index is 2.19. The van der Waals surface area contributed by atoms with E-state index in [1.54, 1.807) is 24.3 Å². The number of amides is 3. The van der Waals surface area contributed by atoms with Gasteiger partial charge in [-0.25, -0.2) is 0 Å². The van der Waals surface area contributed by atoms with Gasteiger partial charge in [0.2, 0.25) is 17.7 Å². The Morgan fingerprint density at radius 1 is 0.775 bits per heavy atom. The Kier molecular flexibility index (Phi) is 12.2. The van der Waals surface area contributed by atoms with Crippen molar-refractivity contribution in [3.63, 3.8) is 0 Å². The van der Waals surface area contributed by atoms with Gasteiger partial charge in [-0.2, -0.15) is 0 Å². The number of aromatic hydroxyl groups is 2. The highest BCUT2D eigenvalue weighted by Gasteiger charge is 2.28. The molecule has 2 rings (SSSR count). The summed E-state index contributed by atoms with van der Waals surface area (Å²) in [5.74, 6) is -3.41. The molecule has 14 nitrogen and oxygen atoms in total. The molecule has 2 aromatic rings. The maximum atomic E-state index is 13.4. The number of benzene rings is 2. The van der Waals surface area contributed by atoms with E-state index in [9.17, 15) is 29.4 Å². The minimum atomic E-state index is -1.26. The number of guanidine groups is 1. The summed E-state index contributed by atoms with van der Waals surface area (Å²) >= 11 is 0. The van der Waals surface area contributed by atoms with E-state index in [0.717, 1.165) is 0 Å². The van der Waals surface area contributed by atoms with Gasteiger partial charge >= 0.3 is 5.97 Å². The molecule has 0 bridgehead atoms. The molecular formula is C26H35N7O7. The lowest BCUT2D eigenvalue weighted by Gasteiger charge is -2.24. The lowest BCUT2D eigenvalue weighted by molar-refractivity contribution is -0.138. The standard InChI is InChI=1S/C26H35N7O7/c27-19(12-15-3-7-17(34)8-4-15)23(38)33-21(13-16-5-9-18(35)10-6-16)25(40)32-20(2-1-11-30-26(28)29)24(39)31-14-22(36)37/h3-10,19-21,34-35H,1-2,11-14,27H2,(H,31,39)(H,32,40)(H,33,38)(H,36,37)(H4,28,29,30). The van der Waals surface area contributed by atoms with Crippen LogP contribution >= 0.6 is 0 Å². The van der Waals surface area contributed by atoms with E-state index in [1.165, 1.54) is 24.3 Å². The molecule has 0 aliphatic heterocycles. The molecule has 2 aromatic carbocycles. The highest BCUT2D eigenvalue weighted by Crippen LogP contribution is 2.13. The minimum absolute atomic E-state index is 0.00124. The second-order valence-electron chi connectivity index (χ2n) is 9.03. The molecule has 14 heteroatoms. The van der Waals surface area contributed by atoms with E-state index in [2.05, 4.69) is 20.9 Å². The zero-order chi connectivity index (χ0) is 29.7. The van der Waals surface area contributed by atoms with Gasteiger partial charge in [0.05, 0.1) is 6.04 Å². The smallest absolute Gasteiger partial charge is 0.322 e. The molecule has 3 unspecified atom stereocenters. The summed E-state index contributed by atoms with van der Waals surface area (Å²) in [6.07, 6.45) is 0.496. The summed E-state index contributed by atoms with van der Waals surface area (Å²) in [7, 11) is 0. The van der Waals surface area contributed by atoms with Crippen LogP contribution in [-0.2, 0) is 32.0 Å².